The Morgan fingerprint density at radius 1 is 1.22 bits per heavy atom. The Hall–Kier alpha value is -2.20. The predicted octanol–water partition coefficient (Wildman–Crippen LogP) is 3.64. The van der Waals surface area contributed by atoms with Gasteiger partial charge in [-0.05, 0) is 23.6 Å². The van der Waals surface area contributed by atoms with Crippen molar-refractivity contribution in [3.8, 4) is 11.5 Å². The van der Waals surface area contributed by atoms with Gasteiger partial charge in [-0.2, -0.15) is 0 Å². The summed E-state index contributed by atoms with van der Waals surface area (Å²) in [5.41, 5.74) is 1.66. The molecule has 1 unspecified atom stereocenters. The van der Waals surface area contributed by atoms with Gasteiger partial charge in [-0.3, -0.25) is 4.79 Å². The fourth-order valence-electron chi connectivity index (χ4n) is 2.49. The predicted molar refractivity (Wildman–Crippen MR) is 89.6 cm³/mol. The maximum absolute atomic E-state index is 12.4. The van der Waals surface area contributed by atoms with Gasteiger partial charge in [0, 0.05) is 12.1 Å². The van der Waals surface area contributed by atoms with Crippen LogP contribution in [0.1, 0.15) is 28.8 Å². The largest absolute Gasteiger partial charge is 0.486 e. The van der Waals surface area contributed by atoms with Gasteiger partial charge in [-0.25, -0.2) is 0 Å². The highest BCUT2D eigenvalue weighted by molar-refractivity contribution is 6.32. The van der Waals surface area contributed by atoms with Crippen molar-refractivity contribution < 1.29 is 14.3 Å². The first-order valence-corrected chi connectivity index (χ1v) is 7.95. The van der Waals surface area contributed by atoms with Crippen LogP contribution in [0.5, 0.6) is 11.5 Å². The van der Waals surface area contributed by atoms with E-state index in [-0.39, 0.29) is 11.8 Å². The third kappa shape index (κ3) is 3.59. The van der Waals surface area contributed by atoms with Gasteiger partial charge >= 0.3 is 0 Å². The number of hydrogen-bond donors (Lipinski definition) is 1. The summed E-state index contributed by atoms with van der Waals surface area (Å²) in [6.07, 6.45) is 0. The first-order valence-electron chi connectivity index (χ1n) is 7.57. The number of hydrogen-bond acceptors (Lipinski definition) is 3. The molecule has 4 nitrogen and oxygen atoms in total. The molecule has 0 aromatic heterocycles. The Morgan fingerprint density at radius 3 is 2.74 bits per heavy atom. The molecule has 0 bridgehead atoms. The van der Waals surface area contributed by atoms with E-state index in [2.05, 4.69) is 24.4 Å². The van der Waals surface area contributed by atoms with Crippen molar-refractivity contribution in [1.29, 1.82) is 0 Å². The smallest absolute Gasteiger partial charge is 0.251 e. The van der Waals surface area contributed by atoms with Crippen LogP contribution in [-0.2, 0) is 0 Å². The van der Waals surface area contributed by atoms with Crippen LogP contribution in [0.4, 0.5) is 0 Å². The average Bonchev–Trinajstić information content (AvgIpc) is 2.60. The van der Waals surface area contributed by atoms with Crippen LogP contribution in [-0.4, -0.2) is 25.7 Å². The fraction of sp³-hybridized carbons (Fsp3) is 0.278. The average molecular weight is 332 g/mol. The molecule has 2 aromatic carbocycles. The maximum atomic E-state index is 12.4. The van der Waals surface area contributed by atoms with Crippen molar-refractivity contribution in [3.63, 3.8) is 0 Å². The van der Waals surface area contributed by atoms with Gasteiger partial charge in [0.15, 0.2) is 11.5 Å². The Bertz CT molecular complexity index is 703. The lowest BCUT2D eigenvalue weighted by Gasteiger charge is -2.20. The van der Waals surface area contributed by atoms with Gasteiger partial charge < -0.3 is 14.8 Å². The summed E-state index contributed by atoms with van der Waals surface area (Å²) in [4.78, 5) is 12.4. The van der Waals surface area contributed by atoms with E-state index in [9.17, 15) is 4.79 Å². The Balaban J connectivity index is 1.68. The molecule has 0 aliphatic carbocycles. The number of fused-ring (bicyclic) bond motifs is 1. The number of amides is 1. The summed E-state index contributed by atoms with van der Waals surface area (Å²) >= 11 is 6.17. The number of halogens is 1. The molecule has 1 atom stereocenters. The van der Waals surface area contributed by atoms with Crippen molar-refractivity contribution in [2.24, 2.45) is 0 Å². The molecule has 120 valence electrons. The molecule has 0 saturated heterocycles. The minimum absolute atomic E-state index is 0.174. The second-order valence-electron chi connectivity index (χ2n) is 5.50. The number of benzene rings is 2. The number of carbonyl (C=O) groups excluding carboxylic acids is 1. The highest BCUT2D eigenvalue weighted by atomic mass is 35.5. The topological polar surface area (TPSA) is 47.6 Å². The SMILES string of the molecule is CC(CNC(=O)c1cc(Cl)c2c(c1)OCCO2)c1ccccc1. The van der Waals surface area contributed by atoms with Gasteiger partial charge in [0.1, 0.15) is 13.2 Å². The van der Waals surface area contributed by atoms with Crippen molar-refractivity contribution >= 4 is 17.5 Å². The summed E-state index contributed by atoms with van der Waals surface area (Å²) in [6, 6.07) is 13.4. The molecule has 3 rings (SSSR count). The Morgan fingerprint density at radius 2 is 1.96 bits per heavy atom. The van der Waals surface area contributed by atoms with E-state index in [4.69, 9.17) is 21.1 Å². The van der Waals surface area contributed by atoms with E-state index in [1.165, 1.54) is 5.56 Å². The molecule has 1 amide bonds. The fourth-order valence-corrected chi connectivity index (χ4v) is 2.75. The van der Waals surface area contributed by atoms with E-state index in [0.717, 1.165) is 0 Å². The van der Waals surface area contributed by atoms with Crippen molar-refractivity contribution in [2.45, 2.75) is 12.8 Å². The van der Waals surface area contributed by atoms with Crippen molar-refractivity contribution in [1.82, 2.24) is 5.32 Å². The molecule has 1 aliphatic heterocycles. The Labute approximate surface area is 140 Å². The van der Waals surface area contributed by atoms with Crippen LogP contribution in [0.15, 0.2) is 42.5 Å². The first kappa shape index (κ1) is 15.7. The zero-order valence-electron chi connectivity index (χ0n) is 12.8. The van der Waals surface area contributed by atoms with Crippen LogP contribution in [0.25, 0.3) is 0 Å². The molecule has 0 saturated carbocycles. The summed E-state index contributed by atoms with van der Waals surface area (Å²) in [5.74, 6) is 1.08. The molecule has 5 heteroatoms. The minimum atomic E-state index is -0.174. The first-order chi connectivity index (χ1) is 11.1. The summed E-state index contributed by atoms with van der Waals surface area (Å²) in [6.45, 7) is 3.55. The third-order valence-electron chi connectivity index (χ3n) is 3.80. The maximum Gasteiger partial charge on any atom is 0.251 e. The van der Waals surface area contributed by atoms with E-state index in [1.54, 1.807) is 12.1 Å². The van der Waals surface area contributed by atoms with Crippen LogP contribution < -0.4 is 14.8 Å². The molecule has 1 N–H and O–H groups in total. The molecule has 0 radical (unpaired) electrons. The quantitative estimate of drug-likeness (QED) is 0.930. The van der Waals surface area contributed by atoms with Crippen molar-refractivity contribution in [2.75, 3.05) is 19.8 Å². The molecule has 2 aromatic rings. The second kappa shape index (κ2) is 6.92. The highest BCUT2D eigenvalue weighted by Crippen LogP contribution is 2.38. The van der Waals surface area contributed by atoms with Crippen LogP contribution in [0.3, 0.4) is 0 Å². The number of rotatable bonds is 4. The molecule has 0 spiro atoms. The summed E-state index contributed by atoms with van der Waals surface area (Å²) < 4.78 is 11.0. The Kier molecular flexibility index (Phi) is 4.72. The van der Waals surface area contributed by atoms with E-state index in [1.807, 2.05) is 18.2 Å². The van der Waals surface area contributed by atoms with Gasteiger partial charge in [0.25, 0.3) is 5.91 Å². The third-order valence-corrected chi connectivity index (χ3v) is 4.08. The summed E-state index contributed by atoms with van der Waals surface area (Å²) in [7, 11) is 0. The lowest BCUT2D eigenvalue weighted by molar-refractivity contribution is 0.0950. The molecule has 0 fully saturated rings. The van der Waals surface area contributed by atoms with E-state index in [0.29, 0.717) is 41.8 Å². The lowest BCUT2D eigenvalue weighted by Crippen LogP contribution is -2.27. The zero-order valence-corrected chi connectivity index (χ0v) is 13.6. The second-order valence-corrected chi connectivity index (χ2v) is 5.91. The molecular weight excluding hydrogens is 314 g/mol. The van der Waals surface area contributed by atoms with Crippen LogP contribution in [0.2, 0.25) is 5.02 Å². The molecular formula is C18H18ClNO3. The van der Waals surface area contributed by atoms with Gasteiger partial charge in [-0.1, -0.05) is 48.9 Å². The molecule has 23 heavy (non-hydrogen) atoms. The van der Waals surface area contributed by atoms with E-state index >= 15 is 0 Å². The van der Waals surface area contributed by atoms with Gasteiger partial charge in [-0.15, -0.1) is 0 Å². The number of carbonyl (C=O) groups is 1. The number of ether oxygens (including phenoxy) is 2. The van der Waals surface area contributed by atoms with Gasteiger partial charge in [0.2, 0.25) is 0 Å². The number of nitrogens with one attached hydrogen (secondary N) is 1. The zero-order chi connectivity index (χ0) is 16.2. The summed E-state index contributed by atoms with van der Waals surface area (Å²) in [5, 5.41) is 3.33. The van der Waals surface area contributed by atoms with Crippen LogP contribution >= 0.6 is 11.6 Å². The highest BCUT2D eigenvalue weighted by Gasteiger charge is 2.19. The van der Waals surface area contributed by atoms with E-state index < -0.39 is 0 Å². The van der Waals surface area contributed by atoms with Gasteiger partial charge in [0.05, 0.1) is 5.02 Å². The standard InChI is InChI=1S/C18H18ClNO3/c1-12(13-5-3-2-4-6-13)11-20-18(21)14-9-15(19)17-16(10-14)22-7-8-23-17/h2-6,9-10,12H,7-8,11H2,1H3,(H,20,21). The normalized spacial score (nSPS) is 14.2. The monoisotopic (exact) mass is 331 g/mol. The minimum Gasteiger partial charge on any atom is -0.486 e. The molecule has 1 aliphatic rings. The lowest BCUT2D eigenvalue weighted by atomic mass is 10.0. The molecule has 1 heterocycles. The van der Waals surface area contributed by atoms with Crippen molar-refractivity contribution in [3.05, 3.63) is 58.6 Å². The van der Waals surface area contributed by atoms with Crippen LogP contribution in [0, 0.1) is 0 Å².